The third-order valence-electron chi connectivity index (χ3n) is 3.67. The highest BCUT2D eigenvalue weighted by molar-refractivity contribution is 5.94. The van der Waals surface area contributed by atoms with Gasteiger partial charge in [0, 0.05) is 12.5 Å². The molecule has 2 fully saturated rings. The average Bonchev–Trinajstić information content (AvgIpc) is 2.71. The summed E-state index contributed by atoms with van der Waals surface area (Å²) in [4.78, 5) is 37.8. The number of carbonyl (C=O) groups is 3. The van der Waals surface area contributed by atoms with Crippen molar-refractivity contribution >= 4 is 17.8 Å². The van der Waals surface area contributed by atoms with E-state index in [9.17, 15) is 19.5 Å². The molecule has 0 radical (unpaired) electrons. The molecule has 0 unspecified atom stereocenters. The fourth-order valence-corrected chi connectivity index (χ4v) is 2.85. The number of aliphatic hydroxyl groups is 1. The Morgan fingerprint density at radius 3 is 2.62 bits per heavy atom. The van der Waals surface area contributed by atoms with Gasteiger partial charge in [0.15, 0.2) is 0 Å². The fraction of sp³-hybridized carbons (Fsp3) is 0.786. The minimum atomic E-state index is -0.981. The molecule has 7 heteroatoms. The number of nitrogens with zero attached hydrogens (tertiary/aromatic N) is 1. The van der Waals surface area contributed by atoms with Gasteiger partial charge >= 0.3 is 5.97 Å². The summed E-state index contributed by atoms with van der Waals surface area (Å²) in [6, 6.07) is -1.96. The lowest BCUT2D eigenvalue weighted by Gasteiger charge is -2.30. The predicted octanol–water partition coefficient (Wildman–Crippen LogP) is -0.431. The zero-order valence-electron chi connectivity index (χ0n) is 12.6. The van der Waals surface area contributed by atoms with E-state index in [0.29, 0.717) is 12.8 Å². The molecule has 7 nitrogen and oxygen atoms in total. The molecule has 2 aliphatic rings. The van der Waals surface area contributed by atoms with Crippen molar-refractivity contribution in [3.8, 4) is 0 Å². The van der Waals surface area contributed by atoms with E-state index in [0.717, 1.165) is 0 Å². The molecule has 0 aromatic carbocycles. The second-order valence-corrected chi connectivity index (χ2v) is 6.53. The largest absolute Gasteiger partial charge is 0.458 e. The number of amides is 2. The van der Waals surface area contributed by atoms with Crippen LogP contribution in [0.4, 0.5) is 0 Å². The maximum atomic E-state index is 12.4. The van der Waals surface area contributed by atoms with Crippen LogP contribution in [-0.4, -0.2) is 58.1 Å². The first-order valence-electron chi connectivity index (χ1n) is 7.18. The molecule has 2 saturated heterocycles. The van der Waals surface area contributed by atoms with Crippen molar-refractivity contribution in [3.05, 3.63) is 0 Å². The molecular weight excluding hydrogens is 276 g/mol. The van der Waals surface area contributed by atoms with Crippen LogP contribution < -0.4 is 5.32 Å². The summed E-state index contributed by atoms with van der Waals surface area (Å²) in [5.74, 6) is -1.15. The Labute approximate surface area is 123 Å². The molecule has 2 amide bonds. The van der Waals surface area contributed by atoms with E-state index in [2.05, 4.69) is 5.32 Å². The molecule has 0 bridgehead atoms. The first kappa shape index (κ1) is 15.8. The van der Waals surface area contributed by atoms with Crippen LogP contribution >= 0.6 is 0 Å². The molecule has 0 aromatic heterocycles. The molecule has 118 valence electrons. The number of hydrogen-bond acceptors (Lipinski definition) is 5. The van der Waals surface area contributed by atoms with E-state index < -0.39 is 36.2 Å². The highest BCUT2D eigenvalue weighted by Gasteiger charge is 2.47. The van der Waals surface area contributed by atoms with Crippen molar-refractivity contribution in [2.24, 2.45) is 0 Å². The normalized spacial score (nSPS) is 29.7. The molecular formula is C14H22N2O5. The number of aliphatic hydroxyl groups excluding tert-OH is 1. The first-order chi connectivity index (χ1) is 9.73. The molecule has 2 N–H and O–H groups in total. The number of hydrogen-bond donors (Lipinski definition) is 2. The van der Waals surface area contributed by atoms with Gasteiger partial charge in [-0.1, -0.05) is 0 Å². The first-order valence-corrected chi connectivity index (χ1v) is 7.18. The van der Waals surface area contributed by atoms with E-state index in [1.54, 1.807) is 20.8 Å². The maximum absolute atomic E-state index is 12.4. The van der Waals surface area contributed by atoms with Crippen molar-refractivity contribution in [2.45, 2.75) is 63.8 Å². The van der Waals surface area contributed by atoms with E-state index in [-0.39, 0.29) is 18.4 Å². The number of esters is 1. The lowest BCUT2D eigenvalue weighted by molar-refractivity contribution is -0.164. The summed E-state index contributed by atoms with van der Waals surface area (Å²) in [5, 5.41) is 11.7. The Hall–Kier alpha value is -1.63. The van der Waals surface area contributed by atoms with E-state index >= 15 is 0 Å². The average molecular weight is 298 g/mol. The van der Waals surface area contributed by atoms with Crippen molar-refractivity contribution in [1.29, 1.82) is 0 Å². The number of carbonyl (C=O) groups excluding carboxylic acids is 3. The van der Waals surface area contributed by atoms with Crippen LogP contribution in [0.25, 0.3) is 0 Å². The maximum Gasteiger partial charge on any atom is 0.329 e. The van der Waals surface area contributed by atoms with Gasteiger partial charge in [0.2, 0.25) is 11.8 Å². The van der Waals surface area contributed by atoms with E-state index in [1.165, 1.54) is 4.90 Å². The predicted molar refractivity (Wildman–Crippen MR) is 73.1 cm³/mol. The molecule has 21 heavy (non-hydrogen) atoms. The van der Waals surface area contributed by atoms with Crippen LogP contribution in [0.5, 0.6) is 0 Å². The standard InChI is InChI=1S/C14H22N2O5/c1-14(2,3)21-13(20)10-5-4-8-6-11(18)15-9(7-17)12(19)16(8)10/h8-10,17H,4-7H2,1-3H3,(H,15,18)/t8-,9+,10+/m1/s1. The van der Waals surface area contributed by atoms with Gasteiger partial charge < -0.3 is 20.1 Å². The second kappa shape index (κ2) is 5.63. The zero-order valence-corrected chi connectivity index (χ0v) is 12.6. The lowest BCUT2D eigenvalue weighted by Crippen LogP contribution is -2.52. The fourth-order valence-electron chi connectivity index (χ4n) is 2.85. The molecule has 0 saturated carbocycles. The van der Waals surface area contributed by atoms with Crippen molar-refractivity contribution in [1.82, 2.24) is 10.2 Å². The number of ether oxygens (including phenoxy) is 1. The number of rotatable bonds is 2. The molecule has 0 aromatic rings. The molecule has 0 aliphatic carbocycles. The minimum absolute atomic E-state index is 0.154. The van der Waals surface area contributed by atoms with Gasteiger partial charge in [-0.15, -0.1) is 0 Å². The summed E-state index contributed by atoms with van der Waals surface area (Å²) in [5.41, 5.74) is -0.630. The Morgan fingerprint density at radius 1 is 1.38 bits per heavy atom. The molecule has 2 aliphatic heterocycles. The number of fused-ring (bicyclic) bond motifs is 1. The highest BCUT2D eigenvalue weighted by Crippen LogP contribution is 2.30. The van der Waals surface area contributed by atoms with Crippen LogP contribution in [0.1, 0.15) is 40.0 Å². The molecule has 2 heterocycles. The summed E-state index contributed by atoms with van der Waals surface area (Å²) < 4.78 is 5.35. The van der Waals surface area contributed by atoms with E-state index in [1.807, 2.05) is 0 Å². The zero-order chi connectivity index (χ0) is 15.8. The molecule has 0 spiro atoms. The van der Waals surface area contributed by atoms with Crippen LogP contribution in [0, 0.1) is 0 Å². The van der Waals surface area contributed by atoms with Crippen LogP contribution in [0.2, 0.25) is 0 Å². The minimum Gasteiger partial charge on any atom is -0.458 e. The molecule has 2 rings (SSSR count). The Balaban J connectivity index is 2.21. The third kappa shape index (κ3) is 3.34. The summed E-state index contributed by atoms with van der Waals surface area (Å²) in [6.07, 6.45) is 1.22. The number of nitrogens with one attached hydrogen (secondary N) is 1. The van der Waals surface area contributed by atoms with Crippen LogP contribution in [0.3, 0.4) is 0 Å². The van der Waals surface area contributed by atoms with Crippen molar-refractivity contribution < 1.29 is 24.2 Å². The molecule has 3 atom stereocenters. The van der Waals surface area contributed by atoms with Gasteiger partial charge in [-0.2, -0.15) is 0 Å². The van der Waals surface area contributed by atoms with E-state index in [4.69, 9.17) is 4.74 Å². The third-order valence-corrected chi connectivity index (χ3v) is 3.67. The van der Waals surface area contributed by atoms with Crippen molar-refractivity contribution in [3.63, 3.8) is 0 Å². The Morgan fingerprint density at radius 2 is 2.05 bits per heavy atom. The van der Waals surface area contributed by atoms with Crippen LogP contribution in [-0.2, 0) is 19.1 Å². The lowest BCUT2D eigenvalue weighted by atomic mass is 10.1. The van der Waals surface area contributed by atoms with Gasteiger partial charge in [0.05, 0.1) is 6.61 Å². The monoisotopic (exact) mass is 298 g/mol. The second-order valence-electron chi connectivity index (χ2n) is 6.53. The summed E-state index contributed by atoms with van der Waals surface area (Å²) >= 11 is 0. The summed E-state index contributed by atoms with van der Waals surface area (Å²) in [7, 11) is 0. The Bertz CT molecular complexity index is 457. The smallest absolute Gasteiger partial charge is 0.329 e. The quantitative estimate of drug-likeness (QED) is 0.674. The van der Waals surface area contributed by atoms with Crippen molar-refractivity contribution in [2.75, 3.05) is 6.61 Å². The Kier molecular flexibility index (Phi) is 4.22. The topological polar surface area (TPSA) is 95.9 Å². The summed E-state index contributed by atoms with van der Waals surface area (Å²) in [6.45, 7) is 4.82. The van der Waals surface area contributed by atoms with Gasteiger partial charge in [-0.05, 0) is 33.6 Å². The van der Waals surface area contributed by atoms with Gasteiger partial charge in [-0.3, -0.25) is 9.59 Å². The van der Waals surface area contributed by atoms with Gasteiger partial charge in [0.1, 0.15) is 17.7 Å². The van der Waals surface area contributed by atoms with Gasteiger partial charge in [0.25, 0.3) is 0 Å². The van der Waals surface area contributed by atoms with Crippen LogP contribution in [0.15, 0.2) is 0 Å². The van der Waals surface area contributed by atoms with Gasteiger partial charge in [-0.25, -0.2) is 4.79 Å². The highest BCUT2D eigenvalue weighted by atomic mass is 16.6. The SMILES string of the molecule is CC(C)(C)OC(=O)[C@@H]1CC[C@@H]2CC(=O)N[C@@H](CO)C(=O)N21.